The van der Waals surface area contributed by atoms with Crippen molar-refractivity contribution < 1.29 is 44.3 Å². The largest absolute Gasteiger partial charge is 0.511 e. The Hall–Kier alpha value is -3.70. The van der Waals surface area contributed by atoms with Crippen LogP contribution in [-0.4, -0.2) is 80.6 Å². The second kappa shape index (κ2) is 8.45. The number of benzene rings is 1. The number of carbonyl (C=O) groups excluding carboxylic acids is 4. The molecule has 5 N–H and O–H groups in total. The van der Waals surface area contributed by atoms with E-state index in [2.05, 4.69) is 5.32 Å². The molecule has 2 amide bonds. The first-order valence-corrected chi connectivity index (χ1v) is 11.7. The molecule has 4 aliphatic rings. The molecule has 1 heterocycles. The molecule has 11 heteroatoms. The van der Waals surface area contributed by atoms with Gasteiger partial charge in [0.25, 0.3) is 0 Å². The number of nitrogens with one attached hydrogen (secondary N) is 1. The predicted molar refractivity (Wildman–Crippen MR) is 124 cm³/mol. The van der Waals surface area contributed by atoms with Gasteiger partial charge in [0.1, 0.15) is 17.1 Å². The van der Waals surface area contributed by atoms with E-state index in [0.717, 1.165) is 6.92 Å². The van der Waals surface area contributed by atoms with Gasteiger partial charge in [0, 0.05) is 31.0 Å². The number of ketones is 3. The smallest absolute Gasteiger partial charge is 0.322 e. The Morgan fingerprint density at radius 2 is 1.81 bits per heavy atom. The molecule has 1 fully saturated rings. The maximum atomic E-state index is 13.6. The summed E-state index contributed by atoms with van der Waals surface area (Å²) in [6.45, 7) is 2.59. The maximum Gasteiger partial charge on any atom is 0.322 e. The van der Waals surface area contributed by atoms with Gasteiger partial charge in [-0.25, -0.2) is 4.79 Å². The standard InChI is InChI=1S/C25H26N2O9/c1-11(28)17-16(29)10-14-9-13-8-12-2-3-15(26-24(34)27-4-6-36-7-5-27)20(30)18(12)21(31)19(13)23(33)25(14,35)22(17)32/h2-3,13-14,29-30,33,35H,4-10H2,1H3,(H,26,34)/t13-,14-,25+/m0/s1. The van der Waals surface area contributed by atoms with Crippen molar-refractivity contribution in [3.63, 3.8) is 0 Å². The summed E-state index contributed by atoms with van der Waals surface area (Å²) in [5.41, 5.74) is -3.00. The molecular weight excluding hydrogens is 472 g/mol. The van der Waals surface area contributed by atoms with Crippen LogP contribution in [-0.2, 0) is 20.7 Å². The van der Waals surface area contributed by atoms with E-state index in [-0.39, 0.29) is 36.1 Å². The number of allylic oxidation sites excluding steroid dienone is 2. The number of ether oxygens (including phenoxy) is 1. The number of rotatable bonds is 2. The Morgan fingerprint density at radius 1 is 1.11 bits per heavy atom. The van der Waals surface area contributed by atoms with Crippen molar-refractivity contribution >= 4 is 29.1 Å². The number of aliphatic hydroxyl groups excluding tert-OH is 2. The van der Waals surface area contributed by atoms with E-state index in [0.29, 0.717) is 31.9 Å². The second-order valence-corrected chi connectivity index (χ2v) is 9.63. The number of phenols is 1. The fourth-order valence-electron chi connectivity index (χ4n) is 5.76. The number of phenolic OH excluding ortho intramolecular Hbond substituents is 1. The highest BCUT2D eigenvalue weighted by Crippen LogP contribution is 2.51. The lowest BCUT2D eigenvalue weighted by Gasteiger charge is -2.45. The van der Waals surface area contributed by atoms with E-state index < -0.39 is 63.7 Å². The molecule has 1 aromatic rings. The van der Waals surface area contributed by atoms with Crippen LogP contribution in [0.2, 0.25) is 0 Å². The molecule has 3 atom stereocenters. The number of hydrogen-bond donors (Lipinski definition) is 5. The molecule has 0 bridgehead atoms. The van der Waals surface area contributed by atoms with Gasteiger partial charge in [-0.15, -0.1) is 0 Å². The van der Waals surface area contributed by atoms with Crippen molar-refractivity contribution in [3.05, 3.63) is 45.9 Å². The molecule has 0 aromatic heterocycles. The molecular formula is C25H26N2O9. The summed E-state index contributed by atoms with van der Waals surface area (Å²) in [4.78, 5) is 52.7. The van der Waals surface area contributed by atoms with E-state index in [1.54, 1.807) is 6.07 Å². The topological polar surface area (TPSA) is 174 Å². The summed E-state index contributed by atoms with van der Waals surface area (Å²) < 4.78 is 5.23. The molecule has 0 spiro atoms. The highest BCUT2D eigenvalue weighted by atomic mass is 16.5. The zero-order valence-corrected chi connectivity index (χ0v) is 19.5. The summed E-state index contributed by atoms with van der Waals surface area (Å²) in [6.07, 6.45) is 0.110. The number of urea groups is 1. The van der Waals surface area contributed by atoms with Crippen molar-refractivity contribution in [1.82, 2.24) is 4.90 Å². The minimum atomic E-state index is -2.54. The first kappa shape index (κ1) is 24.0. The van der Waals surface area contributed by atoms with Gasteiger partial charge in [0.15, 0.2) is 22.9 Å². The van der Waals surface area contributed by atoms with Gasteiger partial charge < -0.3 is 35.4 Å². The van der Waals surface area contributed by atoms with Crippen LogP contribution in [0.1, 0.15) is 35.7 Å². The number of morpholine rings is 1. The lowest BCUT2D eigenvalue weighted by molar-refractivity contribution is -0.144. The number of Topliss-reactive ketones (excluding diaryl/α,β-unsaturated/α-hetero) is 3. The molecule has 1 saturated heterocycles. The molecule has 11 nitrogen and oxygen atoms in total. The number of anilines is 1. The molecule has 0 unspecified atom stereocenters. The second-order valence-electron chi connectivity index (χ2n) is 9.63. The van der Waals surface area contributed by atoms with Crippen molar-refractivity contribution in [2.24, 2.45) is 11.8 Å². The van der Waals surface area contributed by atoms with Gasteiger partial charge in [-0.05, 0) is 37.3 Å². The minimum absolute atomic E-state index is 0.00462. The van der Waals surface area contributed by atoms with Crippen molar-refractivity contribution in [2.45, 2.75) is 31.8 Å². The van der Waals surface area contributed by atoms with Gasteiger partial charge in [0.2, 0.25) is 5.78 Å². The third-order valence-electron chi connectivity index (χ3n) is 7.58. The van der Waals surface area contributed by atoms with Crippen LogP contribution in [0.5, 0.6) is 5.75 Å². The van der Waals surface area contributed by atoms with Crippen molar-refractivity contribution in [2.75, 3.05) is 31.6 Å². The number of amides is 2. The van der Waals surface area contributed by atoms with E-state index in [4.69, 9.17) is 4.74 Å². The average Bonchev–Trinajstić information content (AvgIpc) is 2.83. The normalized spacial score (nSPS) is 27.9. The average molecular weight is 498 g/mol. The highest BCUT2D eigenvalue weighted by Gasteiger charge is 2.59. The van der Waals surface area contributed by atoms with Gasteiger partial charge in [-0.2, -0.15) is 0 Å². The molecule has 1 aliphatic heterocycles. The number of fused-ring (bicyclic) bond motifs is 3. The van der Waals surface area contributed by atoms with Crippen LogP contribution in [0.15, 0.2) is 34.8 Å². The maximum absolute atomic E-state index is 13.6. The van der Waals surface area contributed by atoms with Crippen LogP contribution >= 0.6 is 0 Å². The third kappa shape index (κ3) is 3.41. The number of aliphatic hydroxyl groups is 3. The number of carbonyl (C=O) groups is 4. The number of aromatic hydroxyl groups is 1. The molecule has 190 valence electrons. The zero-order valence-electron chi connectivity index (χ0n) is 19.5. The van der Waals surface area contributed by atoms with E-state index in [1.807, 2.05) is 0 Å². The van der Waals surface area contributed by atoms with Crippen molar-refractivity contribution in [3.8, 4) is 5.75 Å². The molecule has 0 saturated carbocycles. The Bertz CT molecular complexity index is 1270. The fourth-order valence-corrected chi connectivity index (χ4v) is 5.76. The SMILES string of the molecule is CC(=O)C1=C(O)C[C@@H]2C[C@@H]3Cc4ccc(NC(=O)N5CCOCC5)c(O)c4C(=O)C3=C(O)[C@]2(O)C1=O. The monoisotopic (exact) mass is 498 g/mol. The van der Waals surface area contributed by atoms with Crippen molar-refractivity contribution in [1.29, 1.82) is 0 Å². The van der Waals surface area contributed by atoms with Crippen LogP contribution in [0.4, 0.5) is 10.5 Å². The lowest BCUT2D eigenvalue weighted by Crippen LogP contribution is -2.56. The Labute approximate surface area is 205 Å². The first-order valence-electron chi connectivity index (χ1n) is 11.7. The first-order chi connectivity index (χ1) is 17.1. The van der Waals surface area contributed by atoms with Gasteiger partial charge in [-0.3, -0.25) is 14.4 Å². The van der Waals surface area contributed by atoms with E-state index >= 15 is 0 Å². The van der Waals surface area contributed by atoms with Crippen LogP contribution < -0.4 is 5.32 Å². The lowest BCUT2D eigenvalue weighted by atomic mass is 9.60. The minimum Gasteiger partial charge on any atom is -0.511 e. The number of nitrogens with zero attached hydrogens (tertiary/aromatic N) is 1. The van der Waals surface area contributed by atoms with Gasteiger partial charge in [0.05, 0.1) is 24.5 Å². The van der Waals surface area contributed by atoms with Gasteiger partial charge in [-0.1, -0.05) is 6.07 Å². The van der Waals surface area contributed by atoms with E-state index in [9.17, 15) is 39.6 Å². The Morgan fingerprint density at radius 3 is 2.47 bits per heavy atom. The third-order valence-corrected chi connectivity index (χ3v) is 7.58. The predicted octanol–water partition coefficient (Wildman–Crippen LogP) is 1.55. The van der Waals surface area contributed by atoms with Crippen LogP contribution in [0.3, 0.4) is 0 Å². The molecule has 5 rings (SSSR count). The summed E-state index contributed by atoms with van der Waals surface area (Å²) in [7, 11) is 0. The van der Waals surface area contributed by atoms with E-state index in [1.165, 1.54) is 11.0 Å². The highest BCUT2D eigenvalue weighted by molar-refractivity contribution is 6.25. The van der Waals surface area contributed by atoms with Crippen LogP contribution in [0, 0.1) is 11.8 Å². The summed E-state index contributed by atoms with van der Waals surface area (Å²) in [5.74, 6) is -5.99. The fraction of sp³-hybridized carbons (Fsp3) is 0.440. The van der Waals surface area contributed by atoms with Crippen LogP contribution in [0.25, 0.3) is 0 Å². The quantitative estimate of drug-likeness (QED) is 0.299. The molecule has 36 heavy (non-hydrogen) atoms. The molecule has 0 radical (unpaired) electrons. The molecule has 1 aromatic carbocycles. The summed E-state index contributed by atoms with van der Waals surface area (Å²) in [6, 6.07) is 2.63. The zero-order chi connectivity index (χ0) is 25.9. The Balaban J connectivity index is 1.53. The number of hydrogen-bond acceptors (Lipinski definition) is 9. The molecule has 3 aliphatic carbocycles. The summed E-state index contributed by atoms with van der Waals surface area (Å²) >= 11 is 0. The Kier molecular flexibility index (Phi) is 5.64. The summed E-state index contributed by atoms with van der Waals surface area (Å²) in [5, 5.41) is 46.2. The van der Waals surface area contributed by atoms with Gasteiger partial charge >= 0.3 is 6.03 Å².